The first-order valence-electron chi connectivity index (χ1n) is 7.88. The average molecular weight is 315 g/mol. The van der Waals surface area contributed by atoms with Gasteiger partial charge in [0.25, 0.3) is 0 Å². The molecule has 1 fully saturated rings. The Hall–Kier alpha value is -2.44. The first kappa shape index (κ1) is 15.5. The molecule has 3 rings (SSSR count). The van der Waals surface area contributed by atoms with Gasteiger partial charge in [-0.05, 0) is 37.8 Å². The summed E-state index contributed by atoms with van der Waals surface area (Å²) in [6.45, 7) is 2.69. The van der Waals surface area contributed by atoms with E-state index in [0.717, 1.165) is 36.3 Å². The molecule has 0 aliphatic carbocycles. The predicted octanol–water partition coefficient (Wildman–Crippen LogP) is 1.11. The number of nitrogens with zero attached hydrogens (tertiary/aromatic N) is 4. The van der Waals surface area contributed by atoms with Crippen molar-refractivity contribution >= 4 is 5.91 Å². The van der Waals surface area contributed by atoms with Crippen LogP contribution in [0.5, 0.6) is 0 Å². The van der Waals surface area contributed by atoms with Gasteiger partial charge in [0.2, 0.25) is 5.91 Å². The Bertz CT molecular complexity index is 764. The molecule has 1 atom stereocenters. The number of likely N-dealkylation sites (tertiary alicyclic amines) is 1. The van der Waals surface area contributed by atoms with Crippen LogP contribution in [0.2, 0.25) is 0 Å². The van der Waals surface area contributed by atoms with Crippen LogP contribution in [-0.4, -0.2) is 37.1 Å². The van der Waals surface area contributed by atoms with Crippen LogP contribution < -0.4 is 5.69 Å². The second-order valence-electron chi connectivity index (χ2n) is 5.99. The summed E-state index contributed by atoms with van der Waals surface area (Å²) in [6.07, 6.45) is 6.43. The Labute approximate surface area is 134 Å². The average Bonchev–Trinajstić information content (AvgIpc) is 3.11. The number of nitrogens with one attached hydrogen (secondary N) is 1. The van der Waals surface area contributed by atoms with Gasteiger partial charge in [-0.15, -0.1) is 0 Å². The smallest absolute Gasteiger partial charge is 0.334 e. The minimum Gasteiger partial charge on any atom is -0.334 e. The van der Waals surface area contributed by atoms with E-state index in [1.54, 1.807) is 10.7 Å². The molecule has 0 radical (unpaired) electrons. The van der Waals surface area contributed by atoms with Gasteiger partial charge in [-0.3, -0.25) is 9.48 Å². The van der Waals surface area contributed by atoms with E-state index in [0.29, 0.717) is 12.8 Å². The molecule has 7 heteroatoms. The van der Waals surface area contributed by atoms with Crippen LogP contribution in [-0.2, 0) is 18.3 Å². The standard InChI is InChI=1S/C16H21N5O2/c1-11-12(10-20(2)19-11)5-6-15(22)21-9-3-4-14(21)13-7-8-17-16(23)18-13/h7-8,10,14H,3-6,9H2,1-2H3,(H,17,18,23). The zero-order chi connectivity index (χ0) is 16.4. The van der Waals surface area contributed by atoms with Crippen molar-refractivity contribution in [2.45, 2.75) is 38.6 Å². The SMILES string of the molecule is Cc1nn(C)cc1CCC(=O)N1CCCC1c1ccnc(=O)[nH]1. The number of hydrogen-bond acceptors (Lipinski definition) is 4. The van der Waals surface area contributed by atoms with Crippen molar-refractivity contribution in [2.75, 3.05) is 6.54 Å². The Balaban J connectivity index is 1.68. The number of H-pyrrole nitrogens is 1. The Morgan fingerprint density at radius 1 is 1.48 bits per heavy atom. The normalized spacial score (nSPS) is 17.7. The van der Waals surface area contributed by atoms with Crippen LogP contribution in [0.25, 0.3) is 0 Å². The lowest BCUT2D eigenvalue weighted by Crippen LogP contribution is -2.32. The zero-order valence-corrected chi connectivity index (χ0v) is 13.5. The van der Waals surface area contributed by atoms with Crippen molar-refractivity contribution in [2.24, 2.45) is 7.05 Å². The number of hydrogen-bond donors (Lipinski definition) is 1. The molecule has 1 aliphatic rings. The van der Waals surface area contributed by atoms with E-state index in [9.17, 15) is 9.59 Å². The highest BCUT2D eigenvalue weighted by atomic mass is 16.2. The van der Waals surface area contributed by atoms with Gasteiger partial charge >= 0.3 is 5.69 Å². The summed E-state index contributed by atoms with van der Waals surface area (Å²) >= 11 is 0. The highest BCUT2D eigenvalue weighted by Crippen LogP contribution is 2.30. The van der Waals surface area contributed by atoms with E-state index in [-0.39, 0.29) is 17.6 Å². The lowest BCUT2D eigenvalue weighted by molar-refractivity contribution is -0.132. The minimum atomic E-state index is -0.368. The third kappa shape index (κ3) is 3.33. The zero-order valence-electron chi connectivity index (χ0n) is 13.5. The number of carbonyl (C=O) groups excluding carboxylic acids is 1. The maximum Gasteiger partial charge on any atom is 0.345 e. The van der Waals surface area contributed by atoms with Crippen molar-refractivity contribution < 1.29 is 4.79 Å². The molecule has 0 aromatic carbocycles. The fraction of sp³-hybridized carbons (Fsp3) is 0.500. The Morgan fingerprint density at radius 2 is 2.30 bits per heavy atom. The quantitative estimate of drug-likeness (QED) is 0.916. The molecule has 1 N–H and O–H groups in total. The van der Waals surface area contributed by atoms with Crippen molar-refractivity contribution in [1.29, 1.82) is 0 Å². The summed E-state index contributed by atoms with van der Waals surface area (Å²) in [6, 6.07) is 1.73. The molecule has 0 spiro atoms. The fourth-order valence-corrected chi connectivity index (χ4v) is 3.24. The molecule has 0 bridgehead atoms. The number of aromatic nitrogens is 4. The van der Waals surface area contributed by atoms with Gasteiger partial charge in [-0.25, -0.2) is 9.78 Å². The van der Waals surface area contributed by atoms with Gasteiger partial charge in [0.05, 0.1) is 11.7 Å². The summed E-state index contributed by atoms with van der Waals surface area (Å²) in [4.78, 5) is 32.3. The van der Waals surface area contributed by atoms with Crippen molar-refractivity contribution in [3.05, 3.63) is 45.9 Å². The van der Waals surface area contributed by atoms with Crippen molar-refractivity contribution in [3.8, 4) is 0 Å². The van der Waals surface area contributed by atoms with E-state index < -0.39 is 0 Å². The van der Waals surface area contributed by atoms with Gasteiger partial charge in [0.1, 0.15) is 0 Å². The molecule has 2 aromatic rings. The molecule has 2 aromatic heterocycles. The Morgan fingerprint density at radius 3 is 3.00 bits per heavy atom. The summed E-state index contributed by atoms with van der Waals surface area (Å²) in [7, 11) is 1.88. The van der Waals surface area contributed by atoms with E-state index >= 15 is 0 Å². The van der Waals surface area contributed by atoms with Crippen LogP contribution in [0.4, 0.5) is 0 Å². The molecular formula is C16H21N5O2. The number of rotatable bonds is 4. The Kier molecular flexibility index (Phi) is 4.27. The summed E-state index contributed by atoms with van der Waals surface area (Å²) in [5.74, 6) is 0.119. The molecule has 1 saturated heterocycles. The minimum absolute atomic E-state index is 0.0480. The van der Waals surface area contributed by atoms with Crippen molar-refractivity contribution in [1.82, 2.24) is 24.6 Å². The number of aryl methyl sites for hydroxylation is 3. The van der Waals surface area contributed by atoms with E-state index in [1.807, 2.05) is 25.1 Å². The number of amides is 1. The van der Waals surface area contributed by atoms with Crippen LogP contribution in [0.1, 0.15) is 42.3 Å². The van der Waals surface area contributed by atoms with Gasteiger partial charge in [-0.1, -0.05) is 0 Å². The molecule has 7 nitrogen and oxygen atoms in total. The second kappa shape index (κ2) is 6.36. The molecule has 1 unspecified atom stereocenters. The highest BCUT2D eigenvalue weighted by Gasteiger charge is 2.30. The van der Waals surface area contributed by atoms with E-state index in [2.05, 4.69) is 15.1 Å². The molecule has 23 heavy (non-hydrogen) atoms. The number of carbonyl (C=O) groups is 1. The second-order valence-corrected chi connectivity index (χ2v) is 5.99. The monoisotopic (exact) mass is 315 g/mol. The third-order valence-electron chi connectivity index (χ3n) is 4.35. The molecule has 1 aliphatic heterocycles. The number of aromatic amines is 1. The van der Waals surface area contributed by atoms with Gasteiger partial charge in [-0.2, -0.15) is 5.10 Å². The lowest BCUT2D eigenvalue weighted by atomic mass is 10.1. The van der Waals surface area contributed by atoms with Crippen molar-refractivity contribution in [3.63, 3.8) is 0 Å². The topological polar surface area (TPSA) is 83.9 Å². The molecule has 0 saturated carbocycles. The van der Waals surface area contributed by atoms with Gasteiger partial charge in [0.15, 0.2) is 0 Å². The highest BCUT2D eigenvalue weighted by molar-refractivity contribution is 5.77. The van der Waals surface area contributed by atoms with Gasteiger partial charge < -0.3 is 9.88 Å². The predicted molar refractivity (Wildman–Crippen MR) is 84.8 cm³/mol. The first-order valence-corrected chi connectivity index (χ1v) is 7.88. The summed E-state index contributed by atoms with van der Waals surface area (Å²) in [5.41, 5.74) is 2.48. The maximum absolute atomic E-state index is 12.6. The van der Waals surface area contributed by atoms with Crippen LogP contribution in [0.15, 0.2) is 23.3 Å². The van der Waals surface area contributed by atoms with Crippen LogP contribution >= 0.6 is 0 Å². The molecular weight excluding hydrogens is 294 g/mol. The van der Waals surface area contributed by atoms with Gasteiger partial charge in [0, 0.05) is 38.1 Å². The maximum atomic E-state index is 12.6. The fourth-order valence-electron chi connectivity index (χ4n) is 3.24. The van der Waals surface area contributed by atoms with E-state index in [4.69, 9.17) is 0 Å². The first-order chi connectivity index (χ1) is 11.0. The largest absolute Gasteiger partial charge is 0.345 e. The molecule has 3 heterocycles. The molecule has 122 valence electrons. The van der Waals surface area contributed by atoms with E-state index in [1.165, 1.54) is 6.20 Å². The van der Waals surface area contributed by atoms with Crippen LogP contribution in [0, 0.1) is 6.92 Å². The lowest BCUT2D eigenvalue weighted by Gasteiger charge is -2.24. The van der Waals surface area contributed by atoms with Crippen LogP contribution in [0.3, 0.4) is 0 Å². The third-order valence-corrected chi connectivity index (χ3v) is 4.35. The summed E-state index contributed by atoms with van der Waals surface area (Å²) < 4.78 is 1.77. The molecule has 1 amide bonds. The summed E-state index contributed by atoms with van der Waals surface area (Å²) in [5, 5.41) is 4.30.